The fourth-order valence-corrected chi connectivity index (χ4v) is 4.82. The molecule has 34 heavy (non-hydrogen) atoms. The van der Waals surface area contributed by atoms with Gasteiger partial charge in [-0.25, -0.2) is 9.37 Å². The monoisotopic (exact) mass is 541 g/mol. The molecule has 0 amide bonds. The average Bonchev–Trinajstić information content (AvgIpc) is 3.29. The fraction of sp³-hybridized carbons (Fsp3) is 0.462. The van der Waals surface area contributed by atoms with Gasteiger partial charge in [-0.2, -0.15) is 0 Å². The summed E-state index contributed by atoms with van der Waals surface area (Å²) < 4.78 is 13.6. The van der Waals surface area contributed by atoms with E-state index in [1.807, 2.05) is 30.3 Å². The van der Waals surface area contributed by atoms with Crippen LogP contribution in [-0.4, -0.2) is 39.9 Å². The van der Waals surface area contributed by atoms with E-state index in [0.717, 1.165) is 31.2 Å². The smallest absolute Gasteiger partial charge is 0.253 e. The number of benzene rings is 1. The van der Waals surface area contributed by atoms with Crippen molar-refractivity contribution in [1.29, 1.82) is 0 Å². The van der Waals surface area contributed by atoms with Crippen molar-refractivity contribution >= 4 is 0 Å². The molecule has 2 aromatic rings. The number of halogens is 1. The Bertz CT molecular complexity index is 1030. The van der Waals surface area contributed by atoms with Crippen molar-refractivity contribution in [3.8, 4) is 11.3 Å². The molecular formula is C26H33FN4O2Y-2. The van der Waals surface area contributed by atoms with E-state index in [1.54, 1.807) is 17.0 Å². The molecule has 1 atom stereocenters. The van der Waals surface area contributed by atoms with Crippen molar-refractivity contribution < 1.29 is 42.2 Å². The maximum Gasteiger partial charge on any atom is 0.253 e. The van der Waals surface area contributed by atoms with Crippen LogP contribution in [0, 0.1) is 5.41 Å². The molecule has 2 heterocycles. The number of piperidine rings is 1. The molecule has 6 nitrogen and oxygen atoms in total. The van der Waals surface area contributed by atoms with E-state index >= 15 is 0 Å². The number of rotatable bonds is 5. The van der Waals surface area contributed by atoms with Gasteiger partial charge < -0.3 is 16.2 Å². The van der Waals surface area contributed by atoms with Gasteiger partial charge in [-0.15, -0.1) is 19.6 Å². The van der Waals surface area contributed by atoms with Gasteiger partial charge in [0.15, 0.2) is 0 Å². The standard InChI is InChI=1S/C20H24N3O2.C6H9FN.Y/c24-18-12-17(16-6-2-1-3-7-16)22-15-23(18)14-20(25)10-11-21-13-19(20)8-4-5-9-19;1-3-6(4-8)5(2)7;/h1-3,6-7,12,15,25H,4-5,8-11,13-14H2;3,8H,1,4H2,2H3;/q2*-1;/b;6-5-;. The molecular weight excluding hydrogens is 508 g/mol. The zero-order valence-corrected chi connectivity index (χ0v) is 22.7. The number of allylic oxidation sites excluding steroid dienone is 1. The van der Waals surface area contributed by atoms with E-state index in [1.165, 1.54) is 13.0 Å². The van der Waals surface area contributed by atoms with Crippen molar-refractivity contribution in [3.05, 3.63) is 88.2 Å². The van der Waals surface area contributed by atoms with Crippen LogP contribution in [0.4, 0.5) is 4.39 Å². The molecule has 181 valence electrons. The van der Waals surface area contributed by atoms with E-state index in [2.05, 4.69) is 16.9 Å². The maximum atomic E-state index is 12.6. The van der Waals surface area contributed by atoms with E-state index in [-0.39, 0.29) is 56.1 Å². The van der Waals surface area contributed by atoms with Gasteiger partial charge in [-0.05, 0) is 37.2 Å². The van der Waals surface area contributed by atoms with Gasteiger partial charge >= 0.3 is 0 Å². The summed E-state index contributed by atoms with van der Waals surface area (Å²) in [5.41, 5.74) is 7.53. The fourth-order valence-electron chi connectivity index (χ4n) is 4.82. The Morgan fingerprint density at radius 1 is 1.29 bits per heavy atom. The van der Waals surface area contributed by atoms with E-state index in [4.69, 9.17) is 5.73 Å². The van der Waals surface area contributed by atoms with Crippen molar-refractivity contribution in [3.63, 3.8) is 0 Å². The van der Waals surface area contributed by atoms with Crippen LogP contribution in [0.1, 0.15) is 39.0 Å². The molecule has 4 rings (SSSR count). The van der Waals surface area contributed by atoms with Gasteiger partial charge in [0.05, 0.1) is 30.0 Å². The first-order valence-corrected chi connectivity index (χ1v) is 11.4. The van der Waals surface area contributed by atoms with E-state index in [0.29, 0.717) is 37.3 Å². The number of nitrogens with one attached hydrogen (secondary N) is 1. The van der Waals surface area contributed by atoms with Crippen LogP contribution in [0.2, 0.25) is 0 Å². The summed E-state index contributed by atoms with van der Waals surface area (Å²) in [5.74, 6) is -0.310. The molecule has 1 spiro atoms. The van der Waals surface area contributed by atoms with Gasteiger partial charge in [0, 0.05) is 44.3 Å². The normalized spacial score (nSPS) is 21.6. The Kier molecular flexibility index (Phi) is 11.0. The summed E-state index contributed by atoms with van der Waals surface area (Å²) in [6.45, 7) is 6.33. The van der Waals surface area contributed by atoms with Gasteiger partial charge in [-0.1, -0.05) is 55.8 Å². The molecule has 8 heteroatoms. The molecule has 1 unspecified atom stereocenters. The Morgan fingerprint density at radius 3 is 2.50 bits per heavy atom. The first-order chi connectivity index (χ1) is 15.8. The minimum atomic E-state index is -0.870. The molecule has 1 aromatic heterocycles. The Morgan fingerprint density at radius 2 is 1.97 bits per heavy atom. The van der Waals surface area contributed by atoms with Gasteiger partial charge in [0.2, 0.25) is 0 Å². The summed E-state index contributed by atoms with van der Waals surface area (Å²) in [6.07, 6.45) is 7.84. The van der Waals surface area contributed by atoms with Gasteiger partial charge in [0.25, 0.3) is 5.56 Å². The summed E-state index contributed by atoms with van der Waals surface area (Å²) in [4.78, 5) is 17.1. The van der Waals surface area contributed by atoms with Crippen molar-refractivity contribution in [2.24, 2.45) is 5.41 Å². The predicted molar refractivity (Wildman–Crippen MR) is 131 cm³/mol. The Hall–Kier alpha value is -1.51. The third-order valence-corrected chi connectivity index (χ3v) is 6.91. The molecule has 1 saturated carbocycles. The number of aromatic nitrogens is 2. The number of hydrogen-bond acceptors (Lipinski definition) is 3. The van der Waals surface area contributed by atoms with Crippen LogP contribution in [0.25, 0.3) is 22.3 Å². The SMILES string of the molecule is C=C/C(C[NH-])=C(\C)F.O=c1cc(-c2ccccc2)ncn1CC1(O)CC[N-]CC12CCCC2.[Y]. The summed E-state index contributed by atoms with van der Waals surface area (Å²) >= 11 is 0. The van der Waals surface area contributed by atoms with Crippen molar-refractivity contribution in [2.75, 3.05) is 19.6 Å². The molecule has 1 aliphatic heterocycles. The zero-order valence-electron chi connectivity index (χ0n) is 19.8. The van der Waals surface area contributed by atoms with Gasteiger partial charge in [-0.3, -0.25) is 9.36 Å². The van der Waals surface area contributed by atoms with Crippen LogP contribution >= 0.6 is 0 Å². The van der Waals surface area contributed by atoms with Crippen LogP contribution in [0.3, 0.4) is 0 Å². The largest absolute Gasteiger partial charge is 0.674 e. The van der Waals surface area contributed by atoms with Crippen LogP contribution in [0.5, 0.6) is 0 Å². The second kappa shape index (κ2) is 13.0. The summed E-state index contributed by atoms with van der Waals surface area (Å²) in [5, 5.41) is 16.0. The molecule has 0 bridgehead atoms. The van der Waals surface area contributed by atoms with E-state index < -0.39 is 5.60 Å². The minimum absolute atomic E-state index is 0. The molecule has 1 saturated heterocycles. The van der Waals surface area contributed by atoms with E-state index in [9.17, 15) is 14.3 Å². The number of aliphatic hydroxyl groups is 1. The maximum absolute atomic E-state index is 12.6. The Labute approximate surface area is 226 Å². The summed E-state index contributed by atoms with van der Waals surface area (Å²) in [6, 6.07) is 11.2. The molecule has 2 aliphatic rings. The molecule has 2 fully saturated rings. The third kappa shape index (κ3) is 6.58. The molecule has 1 radical (unpaired) electrons. The zero-order chi connectivity index (χ0) is 23.9. The second-order valence-corrected chi connectivity index (χ2v) is 8.92. The number of hydrogen-bond donors (Lipinski definition) is 1. The second-order valence-electron chi connectivity index (χ2n) is 8.92. The first kappa shape index (κ1) is 28.7. The summed E-state index contributed by atoms with van der Waals surface area (Å²) in [7, 11) is 0. The van der Waals surface area contributed by atoms with Crippen LogP contribution in [-0.2, 0) is 39.3 Å². The van der Waals surface area contributed by atoms with Gasteiger partial charge in [0.1, 0.15) is 0 Å². The third-order valence-electron chi connectivity index (χ3n) is 6.91. The Balaban J connectivity index is 0.000000394. The first-order valence-electron chi connectivity index (χ1n) is 11.4. The minimum Gasteiger partial charge on any atom is -0.674 e. The predicted octanol–water partition coefficient (Wildman–Crippen LogP) is 5.44. The molecule has 1 aromatic carbocycles. The number of nitrogens with zero attached hydrogens (tertiary/aromatic N) is 3. The average molecular weight is 541 g/mol. The van der Waals surface area contributed by atoms with Crippen molar-refractivity contribution in [2.45, 2.75) is 51.2 Å². The van der Waals surface area contributed by atoms with Crippen LogP contribution in [0.15, 0.2) is 71.6 Å². The molecule has 2 N–H and O–H groups in total. The topological polar surface area (TPSA) is 93.0 Å². The van der Waals surface area contributed by atoms with Crippen LogP contribution < -0.4 is 5.56 Å². The van der Waals surface area contributed by atoms with Crippen molar-refractivity contribution in [1.82, 2.24) is 9.55 Å². The molecule has 1 aliphatic carbocycles. The quantitative estimate of drug-likeness (QED) is 0.511.